The van der Waals surface area contributed by atoms with Crippen LogP contribution >= 0.6 is 0 Å². The average molecular weight is 230 g/mol. The number of ketones is 1. The number of allylic oxidation sites excluding steroid dienone is 4. The van der Waals surface area contributed by atoms with Crippen LogP contribution in [0.4, 0.5) is 0 Å². The summed E-state index contributed by atoms with van der Waals surface area (Å²) >= 11 is 0. The monoisotopic (exact) mass is 230 g/mol. The molecule has 3 aliphatic rings. The molecule has 0 unspecified atom stereocenters. The summed E-state index contributed by atoms with van der Waals surface area (Å²) in [5, 5.41) is 0. The van der Waals surface area contributed by atoms with Crippen molar-refractivity contribution in [3.63, 3.8) is 0 Å². The second-order valence-corrected chi connectivity index (χ2v) is 5.98. The van der Waals surface area contributed by atoms with E-state index in [1.807, 2.05) is 0 Å². The maximum atomic E-state index is 12.5. The van der Waals surface area contributed by atoms with Crippen LogP contribution in [0, 0.1) is 23.7 Å². The highest BCUT2D eigenvalue weighted by molar-refractivity contribution is 6.02. The molecule has 4 atom stereocenters. The number of carbonyl (C=O) groups excluding carboxylic acids is 1. The van der Waals surface area contributed by atoms with E-state index in [0.717, 1.165) is 6.42 Å². The largest absolute Gasteiger partial charge is 0.294 e. The Kier molecular flexibility index (Phi) is 2.72. The Balaban J connectivity index is 1.79. The van der Waals surface area contributed by atoms with Gasteiger partial charge in [0.25, 0.3) is 0 Å². The first-order chi connectivity index (χ1) is 8.24. The number of rotatable bonds is 4. The predicted octanol–water partition coefficient (Wildman–Crippen LogP) is 3.90. The van der Waals surface area contributed by atoms with E-state index < -0.39 is 0 Å². The molecule has 17 heavy (non-hydrogen) atoms. The summed E-state index contributed by atoms with van der Waals surface area (Å²) in [5.41, 5.74) is 2.64. The van der Waals surface area contributed by atoms with Gasteiger partial charge in [-0.3, -0.25) is 4.79 Å². The van der Waals surface area contributed by atoms with Gasteiger partial charge in [0.2, 0.25) is 0 Å². The van der Waals surface area contributed by atoms with Crippen molar-refractivity contribution in [2.45, 2.75) is 46.0 Å². The smallest absolute Gasteiger partial charge is 0.163 e. The van der Waals surface area contributed by atoms with E-state index in [4.69, 9.17) is 0 Å². The summed E-state index contributed by atoms with van der Waals surface area (Å²) in [6, 6.07) is 0. The van der Waals surface area contributed by atoms with Gasteiger partial charge in [0.1, 0.15) is 0 Å². The fraction of sp³-hybridized carbons (Fsp3) is 0.688. The zero-order valence-corrected chi connectivity index (χ0v) is 10.9. The molecule has 2 bridgehead atoms. The van der Waals surface area contributed by atoms with E-state index in [-0.39, 0.29) is 0 Å². The lowest BCUT2D eigenvalue weighted by molar-refractivity contribution is -0.119. The molecule has 0 N–H and O–H groups in total. The quantitative estimate of drug-likeness (QED) is 0.528. The Bertz CT molecular complexity index is 402. The highest BCUT2D eigenvalue weighted by Crippen LogP contribution is 2.56. The van der Waals surface area contributed by atoms with Gasteiger partial charge < -0.3 is 0 Å². The van der Waals surface area contributed by atoms with Crippen molar-refractivity contribution in [3.05, 3.63) is 23.3 Å². The zero-order chi connectivity index (χ0) is 12.0. The normalized spacial score (nSPS) is 38.4. The van der Waals surface area contributed by atoms with Crippen LogP contribution in [0.25, 0.3) is 0 Å². The Labute approximate surface area is 104 Å². The van der Waals surface area contributed by atoms with Gasteiger partial charge >= 0.3 is 0 Å². The molecule has 3 rings (SSSR count). The van der Waals surface area contributed by atoms with Crippen LogP contribution in [-0.4, -0.2) is 5.78 Å². The van der Waals surface area contributed by atoms with E-state index in [2.05, 4.69) is 26.0 Å². The maximum absolute atomic E-state index is 12.5. The molecule has 0 saturated heterocycles. The van der Waals surface area contributed by atoms with Crippen molar-refractivity contribution >= 4 is 5.78 Å². The van der Waals surface area contributed by atoms with Gasteiger partial charge in [-0.25, -0.2) is 0 Å². The van der Waals surface area contributed by atoms with Gasteiger partial charge in [-0.15, -0.1) is 0 Å². The molecule has 1 saturated carbocycles. The number of Topliss-reactive ketones (excluding diaryl/α,β-unsaturated/α-hetero) is 1. The SMILES string of the molecule is CCCCCC1=C(C)[C@H]2[C@@H](C1=O)[C@@H]1C=C[C@H]2C1. The van der Waals surface area contributed by atoms with Crippen molar-refractivity contribution in [3.8, 4) is 0 Å². The fourth-order valence-electron chi connectivity index (χ4n) is 4.24. The van der Waals surface area contributed by atoms with E-state index in [0.29, 0.717) is 29.5 Å². The Morgan fingerprint density at radius 3 is 2.53 bits per heavy atom. The first-order valence-electron chi connectivity index (χ1n) is 7.16. The third-order valence-electron chi connectivity index (χ3n) is 5.07. The lowest BCUT2D eigenvalue weighted by Gasteiger charge is -2.20. The third kappa shape index (κ3) is 1.55. The molecule has 0 aromatic heterocycles. The molecule has 0 heterocycles. The van der Waals surface area contributed by atoms with E-state index in [1.165, 1.54) is 36.8 Å². The molecular formula is C16H22O. The lowest BCUT2D eigenvalue weighted by Crippen LogP contribution is -2.21. The molecule has 1 heteroatoms. The minimum Gasteiger partial charge on any atom is -0.294 e. The van der Waals surface area contributed by atoms with Crippen LogP contribution in [-0.2, 0) is 4.79 Å². The number of hydrogen-bond acceptors (Lipinski definition) is 1. The summed E-state index contributed by atoms with van der Waals surface area (Å²) in [6.07, 6.45) is 10.6. The van der Waals surface area contributed by atoms with Crippen LogP contribution in [0.15, 0.2) is 23.3 Å². The van der Waals surface area contributed by atoms with Crippen LogP contribution in [0.1, 0.15) is 46.0 Å². The van der Waals surface area contributed by atoms with Gasteiger partial charge in [-0.2, -0.15) is 0 Å². The molecule has 1 fully saturated rings. The minimum absolute atomic E-state index is 0.335. The summed E-state index contributed by atoms with van der Waals surface area (Å²) in [4.78, 5) is 12.5. The summed E-state index contributed by atoms with van der Waals surface area (Å²) in [6.45, 7) is 4.44. The van der Waals surface area contributed by atoms with E-state index in [1.54, 1.807) is 0 Å². The summed E-state index contributed by atoms with van der Waals surface area (Å²) < 4.78 is 0. The van der Waals surface area contributed by atoms with Gasteiger partial charge in [0.15, 0.2) is 5.78 Å². The molecule has 0 aliphatic heterocycles. The van der Waals surface area contributed by atoms with Crippen molar-refractivity contribution in [1.82, 2.24) is 0 Å². The number of fused-ring (bicyclic) bond motifs is 5. The van der Waals surface area contributed by atoms with Gasteiger partial charge in [0.05, 0.1) is 0 Å². The minimum atomic E-state index is 0.335. The fourth-order valence-corrected chi connectivity index (χ4v) is 4.24. The zero-order valence-electron chi connectivity index (χ0n) is 10.9. The van der Waals surface area contributed by atoms with Gasteiger partial charge in [-0.1, -0.05) is 37.5 Å². The highest BCUT2D eigenvalue weighted by Gasteiger charge is 2.53. The number of carbonyl (C=O) groups is 1. The molecule has 0 spiro atoms. The maximum Gasteiger partial charge on any atom is 0.163 e. The van der Waals surface area contributed by atoms with Crippen molar-refractivity contribution < 1.29 is 4.79 Å². The van der Waals surface area contributed by atoms with E-state index in [9.17, 15) is 4.79 Å². The second-order valence-electron chi connectivity index (χ2n) is 5.98. The molecule has 0 aromatic carbocycles. The van der Waals surface area contributed by atoms with Crippen LogP contribution < -0.4 is 0 Å². The molecule has 0 radical (unpaired) electrons. The lowest BCUT2D eigenvalue weighted by atomic mass is 9.82. The van der Waals surface area contributed by atoms with Crippen LogP contribution in [0.2, 0.25) is 0 Å². The van der Waals surface area contributed by atoms with E-state index >= 15 is 0 Å². The number of hydrogen-bond donors (Lipinski definition) is 0. The Morgan fingerprint density at radius 1 is 1.18 bits per heavy atom. The van der Waals surface area contributed by atoms with Crippen molar-refractivity contribution in [2.24, 2.45) is 23.7 Å². The molecule has 92 valence electrons. The highest BCUT2D eigenvalue weighted by atomic mass is 16.1. The predicted molar refractivity (Wildman–Crippen MR) is 69.6 cm³/mol. The Morgan fingerprint density at radius 2 is 1.88 bits per heavy atom. The summed E-state index contributed by atoms with van der Waals surface area (Å²) in [5.74, 6) is 2.66. The summed E-state index contributed by atoms with van der Waals surface area (Å²) in [7, 11) is 0. The molecule has 1 nitrogen and oxygen atoms in total. The average Bonchev–Trinajstić information content (AvgIpc) is 2.97. The standard InChI is InChI=1S/C16H22O/c1-3-4-5-6-13-10(2)14-11-7-8-12(9-11)15(14)16(13)17/h7-8,11-12,14-15H,3-6,9H2,1-2H3/t11-,12+,14+,15-/m0/s1. The topological polar surface area (TPSA) is 17.1 Å². The first kappa shape index (κ1) is 11.3. The van der Waals surface area contributed by atoms with Crippen molar-refractivity contribution in [1.29, 1.82) is 0 Å². The number of unbranched alkanes of at least 4 members (excludes halogenated alkanes) is 2. The molecule has 0 aromatic rings. The molecular weight excluding hydrogens is 208 g/mol. The Hall–Kier alpha value is -0.850. The molecule has 3 aliphatic carbocycles. The first-order valence-corrected chi connectivity index (χ1v) is 7.16. The van der Waals surface area contributed by atoms with Crippen LogP contribution in [0.5, 0.6) is 0 Å². The van der Waals surface area contributed by atoms with Gasteiger partial charge in [-0.05, 0) is 49.5 Å². The van der Waals surface area contributed by atoms with Crippen LogP contribution in [0.3, 0.4) is 0 Å². The van der Waals surface area contributed by atoms with Gasteiger partial charge in [0, 0.05) is 5.92 Å². The van der Waals surface area contributed by atoms with Crippen molar-refractivity contribution in [2.75, 3.05) is 0 Å². The molecule has 0 amide bonds. The third-order valence-corrected chi connectivity index (χ3v) is 5.07. The second kappa shape index (κ2) is 4.12.